The number of urea groups is 1. The summed E-state index contributed by atoms with van der Waals surface area (Å²) >= 11 is 0. The molecule has 1 atom stereocenters. The minimum Gasteiger partial charge on any atom is -0.365 e. The van der Waals surface area contributed by atoms with Gasteiger partial charge in [0.1, 0.15) is 0 Å². The van der Waals surface area contributed by atoms with Gasteiger partial charge in [-0.15, -0.1) is 0 Å². The standard InChI is InChI=1S/C11H22FN3O2/c1-3-4-5-6-7-8-11(12,9(13)16)15-10(17)14-2/h3-8H2,1-2H3,(H2,13,16)(H2,14,15,17). The van der Waals surface area contributed by atoms with Crippen LogP contribution in [-0.4, -0.2) is 24.8 Å². The second-order valence-electron chi connectivity index (χ2n) is 4.03. The zero-order chi connectivity index (χ0) is 13.3. The highest BCUT2D eigenvalue weighted by molar-refractivity contribution is 5.88. The molecule has 0 aliphatic carbocycles. The van der Waals surface area contributed by atoms with Crippen LogP contribution in [0, 0.1) is 0 Å². The first-order chi connectivity index (χ1) is 7.96. The number of halogens is 1. The lowest BCUT2D eigenvalue weighted by Gasteiger charge is -2.22. The van der Waals surface area contributed by atoms with Crippen LogP contribution in [-0.2, 0) is 4.79 Å². The lowest BCUT2D eigenvalue weighted by molar-refractivity contribution is -0.131. The third-order valence-electron chi connectivity index (χ3n) is 2.55. The maximum absolute atomic E-state index is 14.0. The average molecular weight is 247 g/mol. The Morgan fingerprint density at radius 2 is 1.82 bits per heavy atom. The zero-order valence-corrected chi connectivity index (χ0v) is 10.5. The number of amides is 3. The fourth-order valence-corrected chi connectivity index (χ4v) is 1.46. The van der Waals surface area contributed by atoms with Crippen molar-refractivity contribution >= 4 is 11.9 Å². The van der Waals surface area contributed by atoms with Crippen molar-refractivity contribution in [1.82, 2.24) is 10.6 Å². The van der Waals surface area contributed by atoms with Crippen LogP contribution in [0.25, 0.3) is 0 Å². The molecule has 0 aromatic carbocycles. The number of carbonyl (C=O) groups excluding carboxylic acids is 2. The van der Waals surface area contributed by atoms with E-state index in [1.54, 1.807) is 0 Å². The Labute approximate surface area is 101 Å². The molecule has 0 rings (SSSR count). The fraction of sp³-hybridized carbons (Fsp3) is 0.818. The Morgan fingerprint density at radius 3 is 2.29 bits per heavy atom. The molecule has 5 nitrogen and oxygen atoms in total. The molecule has 0 saturated heterocycles. The molecule has 0 fully saturated rings. The number of nitrogens with two attached hydrogens (primary N) is 1. The minimum absolute atomic E-state index is 0.0839. The van der Waals surface area contributed by atoms with E-state index in [1.165, 1.54) is 7.05 Å². The van der Waals surface area contributed by atoms with Crippen LogP contribution in [0.2, 0.25) is 0 Å². The van der Waals surface area contributed by atoms with Crippen LogP contribution in [0.15, 0.2) is 0 Å². The summed E-state index contributed by atoms with van der Waals surface area (Å²) < 4.78 is 14.0. The summed E-state index contributed by atoms with van der Waals surface area (Å²) in [7, 11) is 1.35. The van der Waals surface area contributed by atoms with Crippen LogP contribution >= 0.6 is 0 Å². The van der Waals surface area contributed by atoms with Gasteiger partial charge in [-0.1, -0.05) is 32.6 Å². The molecule has 0 aliphatic rings. The van der Waals surface area contributed by atoms with Gasteiger partial charge in [0.25, 0.3) is 11.7 Å². The highest BCUT2D eigenvalue weighted by Crippen LogP contribution is 2.17. The maximum Gasteiger partial charge on any atom is 0.317 e. The van der Waals surface area contributed by atoms with E-state index in [0.29, 0.717) is 6.42 Å². The zero-order valence-electron chi connectivity index (χ0n) is 10.5. The number of alkyl halides is 1. The quantitative estimate of drug-likeness (QED) is 0.448. The first-order valence-electron chi connectivity index (χ1n) is 5.95. The van der Waals surface area contributed by atoms with E-state index in [4.69, 9.17) is 5.73 Å². The fourth-order valence-electron chi connectivity index (χ4n) is 1.46. The summed E-state index contributed by atoms with van der Waals surface area (Å²) in [6.45, 7) is 2.08. The van der Waals surface area contributed by atoms with Gasteiger partial charge in [0.05, 0.1) is 0 Å². The first-order valence-corrected chi connectivity index (χ1v) is 5.95. The van der Waals surface area contributed by atoms with Crippen molar-refractivity contribution in [2.45, 2.75) is 51.2 Å². The monoisotopic (exact) mass is 247 g/mol. The van der Waals surface area contributed by atoms with Gasteiger partial charge >= 0.3 is 6.03 Å². The molecule has 3 amide bonds. The van der Waals surface area contributed by atoms with Crippen molar-refractivity contribution in [3.63, 3.8) is 0 Å². The largest absolute Gasteiger partial charge is 0.365 e. The molecule has 1 unspecified atom stereocenters. The Morgan fingerprint density at radius 1 is 1.24 bits per heavy atom. The van der Waals surface area contributed by atoms with Crippen LogP contribution in [0.1, 0.15) is 45.4 Å². The van der Waals surface area contributed by atoms with E-state index in [1.807, 2.05) is 5.32 Å². The Hall–Kier alpha value is -1.33. The smallest absolute Gasteiger partial charge is 0.317 e. The molecule has 100 valence electrons. The summed E-state index contributed by atoms with van der Waals surface area (Å²) in [6.07, 6.45) is 4.42. The van der Waals surface area contributed by atoms with Crippen molar-refractivity contribution in [1.29, 1.82) is 0 Å². The Kier molecular flexibility index (Phi) is 7.25. The molecular formula is C11H22FN3O2. The van der Waals surface area contributed by atoms with Gasteiger partial charge in [-0.2, -0.15) is 0 Å². The predicted molar refractivity (Wildman–Crippen MR) is 64.0 cm³/mol. The van der Waals surface area contributed by atoms with Crippen molar-refractivity contribution in [3.8, 4) is 0 Å². The van der Waals surface area contributed by atoms with E-state index < -0.39 is 17.7 Å². The SMILES string of the molecule is CCCCCCCC(F)(NC(=O)NC)C(N)=O. The lowest BCUT2D eigenvalue weighted by Crippen LogP contribution is -2.56. The van der Waals surface area contributed by atoms with Gasteiger partial charge in [-0.25, -0.2) is 9.18 Å². The summed E-state index contributed by atoms with van der Waals surface area (Å²) in [4.78, 5) is 22.0. The molecule has 0 saturated carbocycles. The minimum atomic E-state index is -2.45. The summed E-state index contributed by atoms with van der Waals surface area (Å²) in [5, 5.41) is 4.13. The molecule has 6 heteroatoms. The summed E-state index contributed by atoms with van der Waals surface area (Å²) in [6, 6.07) is -0.750. The molecule has 0 radical (unpaired) electrons. The molecule has 17 heavy (non-hydrogen) atoms. The van der Waals surface area contributed by atoms with E-state index >= 15 is 0 Å². The highest BCUT2D eigenvalue weighted by atomic mass is 19.1. The molecule has 0 bridgehead atoms. The third-order valence-corrected chi connectivity index (χ3v) is 2.55. The number of primary amides is 1. The van der Waals surface area contributed by atoms with Crippen LogP contribution < -0.4 is 16.4 Å². The Balaban J connectivity index is 4.13. The first kappa shape index (κ1) is 15.7. The molecule has 4 N–H and O–H groups in total. The van der Waals surface area contributed by atoms with E-state index in [2.05, 4.69) is 12.2 Å². The molecular weight excluding hydrogens is 225 g/mol. The second kappa shape index (κ2) is 7.86. The number of nitrogens with one attached hydrogen (secondary N) is 2. The normalized spacial score (nSPS) is 13.8. The number of carbonyl (C=O) groups is 2. The summed E-state index contributed by atoms with van der Waals surface area (Å²) in [5.74, 6) is -3.61. The van der Waals surface area contributed by atoms with Crippen LogP contribution in [0.5, 0.6) is 0 Å². The van der Waals surface area contributed by atoms with Gasteiger partial charge in [0.15, 0.2) is 0 Å². The van der Waals surface area contributed by atoms with E-state index in [9.17, 15) is 14.0 Å². The number of unbranched alkanes of at least 4 members (excludes halogenated alkanes) is 4. The number of hydrogen-bond acceptors (Lipinski definition) is 2. The number of rotatable bonds is 8. The summed E-state index contributed by atoms with van der Waals surface area (Å²) in [5.41, 5.74) is 4.96. The van der Waals surface area contributed by atoms with Crippen molar-refractivity contribution < 1.29 is 14.0 Å². The second-order valence-corrected chi connectivity index (χ2v) is 4.03. The van der Waals surface area contributed by atoms with E-state index in [-0.39, 0.29) is 6.42 Å². The van der Waals surface area contributed by atoms with E-state index in [0.717, 1.165) is 25.7 Å². The van der Waals surface area contributed by atoms with Gasteiger partial charge in [-0.05, 0) is 6.42 Å². The lowest BCUT2D eigenvalue weighted by atomic mass is 10.0. The van der Waals surface area contributed by atoms with Crippen LogP contribution in [0.3, 0.4) is 0 Å². The number of hydrogen-bond donors (Lipinski definition) is 3. The molecule has 0 spiro atoms. The molecule has 0 aliphatic heterocycles. The molecule has 0 aromatic heterocycles. The van der Waals surface area contributed by atoms with Gasteiger partial charge < -0.3 is 11.1 Å². The third kappa shape index (κ3) is 6.09. The van der Waals surface area contributed by atoms with Gasteiger partial charge in [-0.3, -0.25) is 10.1 Å². The van der Waals surface area contributed by atoms with Crippen LogP contribution in [0.4, 0.5) is 9.18 Å². The molecule has 0 heterocycles. The Bertz CT molecular complexity index is 261. The van der Waals surface area contributed by atoms with Gasteiger partial charge in [0, 0.05) is 13.5 Å². The highest BCUT2D eigenvalue weighted by Gasteiger charge is 2.37. The predicted octanol–water partition coefficient (Wildman–Crippen LogP) is 1.43. The van der Waals surface area contributed by atoms with Crippen molar-refractivity contribution in [3.05, 3.63) is 0 Å². The maximum atomic E-state index is 14.0. The average Bonchev–Trinajstić information content (AvgIpc) is 2.28. The topological polar surface area (TPSA) is 84.2 Å². The van der Waals surface area contributed by atoms with Crippen molar-refractivity contribution in [2.75, 3.05) is 7.05 Å². The van der Waals surface area contributed by atoms with Gasteiger partial charge in [0.2, 0.25) is 0 Å². The molecule has 0 aromatic rings. The van der Waals surface area contributed by atoms with Crippen molar-refractivity contribution in [2.24, 2.45) is 5.73 Å².